The van der Waals surface area contributed by atoms with Gasteiger partial charge in [0.05, 0.1) is 7.11 Å². The number of hydrogen-bond donors (Lipinski definition) is 1. The van der Waals surface area contributed by atoms with E-state index in [2.05, 4.69) is 24.0 Å². The molecular formula is C11H13NO. The molecule has 2 heteroatoms. The molecule has 0 bridgehead atoms. The summed E-state index contributed by atoms with van der Waals surface area (Å²) in [5.41, 5.74) is 3.55. The van der Waals surface area contributed by atoms with Crippen LogP contribution < -0.4 is 10.1 Å². The van der Waals surface area contributed by atoms with Crippen LogP contribution in [0.25, 0.3) is 5.70 Å². The van der Waals surface area contributed by atoms with E-state index >= 15 is 0 Å². The fraction of sp³-hybridized carbons (Fsp3) is 0.273. The lowest BCUT2D eigenvalue weighted by Gasteiger charge is -2.20. The molecule has 1 aromatic carbocycles. The molecule has 0 radical (unpaired) electrons. The highest BCUT2D eigenvalue weighted by atomic mass is 16.5. The normalized spacial score (nSPS) is 14.7. The summed E-state index contributed by atoms with van der Waals surface area (Å²) in [6, 6.07) is 6.11. The van der Waals surface area contributed by atoms with E-state index in [0.29, 0.717) is 0 Å². The highest BCUT2D eigenvalue weighted by Gasteiger charge is 2.11. The zero-order valence-corrected chi connectivity index (χ0v) is 7.76. The highest BCUT2D eigenvalue weighted by Crippen LogP contribution is 2.24. The average molecular weight is 175 g/mol. The number of ether oxygens (including phenoxy) is 1. The number of methoxy groups -OCH3 is 1. The molecular weight excluding hydrogens is 162 g/mol. The number of fused-ring (bicyclic) bond motifs is 1. The van der Waals surface area contributed by atoms with E-state index in [9.17, 15) is 0 Å². The van der Waals surface area contributed by atoms with Crippen molar-refractivity contribution in [3.05, 3.63) is 35.9 Å². The molecule has 1 aromatic rings. The van der Waals surface area contributed by atoms with Gasteiger partial charge in [0.1, 0.15) is 5.75 Å². The topological polar surface area (TPSA) is 21.3 Å². The molecule has 2 nitrogen and oxygen atoms in total. The van der Waals surface area contributed by atoms with Crippen LogP contribution in [0.5, 0.6) is 5.75 Å². The Morgan fingerprint density at radius 2 is 2.31 bits per heavy atom. The zero-order chi connectivity index (χ0) is 9.26. The van der Waals surface area contributed by atoms with E-state index in [1.165, 1.54) is 11.1 Å². The van der Waals surface area contributed by atoms with Crippen molar-refractivity contribution in [2.45, 2.75) is 6.42 Å². The van der Waals surface area contributed by atoms with Crippen LogP contribution in [0.3, 0.4) is 0 Å². The lowest BCUT2D eigenvalue weighted by molar-refractivity contribution is 0.414. The molecule has 0 saturated carbocycles. The molecule has 0 atom stereocenters. The second kappa shape index (κ2) is 3.13. The second-order valence-electron chi connectivity index (χ2n) is 3.18. The van der Waals surface area contributed by atoms with Crippen molar-refractivity contribution in [3.8, 4) is 5.75 Å². The molecule has 0 aliphatic carbocycles. The molecule has 0 saturated heterocycles. The lowest BCUT2D eigenvalue weighted by Crippen LogP contribution is -2.21. The average Bonchev–Trinajstić information content (AvgIpc) is 2.18. The minimum atomic E-state index is 0.924. The van der Waals surface area contributed by atoms with Crippen LogP contribution in [0.1, 0.15) is 11.1 Å². The van der Waals surface area contributed by atoms with Crippen molar-refractivity contribution in [1.29, 1.82) is 0 Å². The van der Waals surface area contributed by atoms with Crippen molar-refractivity contribution in [2.24, 2.45) is 0 Å². The maximum absolute atomic E-state index is 5.17. The summed E-state index contributed by atoms with van der Waals surface area (Å²) in [4.78, 5) is 0. The highest BCUT2D eigenvalue weighted by molar-refractivity contribution is 5.67. The van der Waals surface area contributed by atoms with Gasteiger partial charge in [-0.05, 0) is 30.2 Å². The Morgan fingerprint density at radius 1 is 1.46 bits per heavy atom. The van der Waals surface area contributed by atoms with Gasteiger partial charge in [-0.1, -0.05) is 6.58 Å². The second-order valence-corrected chi connectivity index (χ2v) is 3.18. The van der Waals surface area contributed by atoms with Crippen LogP contribution in [-0.2, 0) is 6.42 Å². The first-order valence-electron chi connectivity index (χ1n) is 4.41. The molecule has 0 unspecified atom stereocenters. The quantitative estimate of drug-likeness (QED) is 0.703. The SMILES string of the molecule is C=C1NCCc2cc(OC)ccc21. The van der Waals surface area contributed by atoms with Gasteiger partial charge in [0.15, 0.2) is 0 Å². The Morgan fingerprint density at radius 3 is 3.08 bits per heavy atom. The van der Waals surface area contributed by atoms with Crippen LogP contribution in [0, 0.1) is 0 Å². The van der Waals surface area contributed by atoms with Crippen molar-refractivity contribution in [2.75, 3.05) is 13.7 Å². The molecule has 0 amide bonds. The van der Waals surface area contributed by atoms with E-state index in [0.717, 1.165) is 24.4 Å². The maximum atomic E-state index is 5.17. The van der Waals surface area contributed by atoms with Crippen molar-refractivity contribution >= 4 is 5.70 Å². The fourth-order valence-corrected chi connectivity index (χ4v) is 1.64. The summed E-state index contributed by atoms with van der Waals surface area (Å²) in [6.07, 6.45) is 1.05. The van der Waals surface area contributed by atoms with E-state index in [1.54, 1.807) is 7.11 Å². The number of hydrogen-bond acceptors (Lipinski definition) is 2. The van der Waals surface area contributed by atoms with Crippen molar-refractivity contribution < 1.29 is 4.74 Å². The summed E-state index contributed by atoms with van der Waals surface area (Å²) in [5, 5.41) is 3.24. The fourth-order valence-electron chi connectivity index (χ4n) is 1.64. The van der Waals surface area contributed by atoms with Crippen LogP contribution in [0.15, 0.2) is 24.8 Å². The number of rotatable bonds is 1. The van der Waals surface area contributed by atoms with Crippen LogP contribution in [0.2, 0.25) is 0 Å². The Bertz CT molecular complexity index is 344. The third-order valence-corrected chi connectivity index (χ3v) is 2.37. The van der Waals surface area contributed by atoms with Crippen LogP contribution >= 0.6 is 0 Å². The van der Waals surface area contributed by atoms with Gasteiger partial charge in [0.2, 0.25) is 0 Å². The van der Waals surface area contributed by atoms with E-state index in [4.69, 9.17) is 4.74 Å². The predicted octanol–water partition coefficient (Wildman–Crippen LogP) is 1.81. The number of benzene rings is 1. The molecule has 0 fully saturated rings. The molecule has 1 aliphatic rings. The van der Waals surface area contributed by atoms with E-state index in [1.807, 2.05) is 6.07 Å². The Labute approximate surface area is 78.2 Å². The Kier molecular flexibility index (Phi) is 1.97. The summed E-state index contributed by atoms with van der Waals surface area (Å²) >= 11 is 0. The monoisotopic (exact) mass is 175 g/mol. The van der Waals surface area contributed by atoms with Crippen LogP contribution in [-0.4, -0.2) is 13.7 Å². The Hall–Kier alpha value is -1.44. The molecule has 2 rings (SSSR count). The van der Waals surface area contributed by atoms with E-state index in [-0.39, 0.29) is 0 Å². The van der Waals surface area contributed by atoms with Gasteiger partial charge in [0, 0.05) is 17.8 Å². The minimum absolute atomic E-state index is 0.924. The smallest absolute Gasteiger partial charge is 0.119 e. The first kappa shape index (κ1) is 8.17. The van der Waals surface area contributed by atoms with E-state index < -0.39 is 0 Å². The first-order chi connectivity index (χ1) is 6.31. The molecule has 0 aromatic heterocycles. The van der Waals surface area contributed by atoms with Crippen molar-refractivity contribution in [3.63, 3.8) is 0 Å². The largest absolute Gasteiger partial charge is 0.497 e. The molecule has 68 valence electrons. The molecule has 0 spiro atoms. The Balaban J connectivity index is 2.45. The molecule has 13 heavy (non-hydrogen) atoms. The van der Waals surface area contributed by atoms with Gasteiger partial charge in [-0.3, -0.25) is 0 Å². The molecule has 1 aliphatic heterocycles. The third-order valence-electron chi connectivity index (χ3n) is 2.37. The summed E-state index contributed by atoms with van der Waals surface area (Å²) in [7, 11) is 1.69. The van der Waals surface area contributed by atoms with Gasteiger partial charge in [-0.25, -0.2) is 0 Å². The van der Waals surface area contributed by atoms with Gasteiger partial charge < -0.3 is 10.1 Å². The van der Waals surface area contributed by atoms with Crippen LogP contribution in [0.4, 0.5) is 0 Å². The minimum Gasteiger partial charge on any atom is -0.497 e. The van der Waals surface area contributed by atoms with Gasteiger partial charge >= 0.3 is 0 Å². The van der Waals surface area contributed by atoms with Gasteiger partial charge in [-0.2, -0.15) is 0 Å². The van der Waals surface area contributed by atoms with Gasteiger partial charge in [-0.15, -0.1) is 0 Å². The number of nitrogens with one attached hydrogen (secondary N) is 1. The summed E-state index contributed by atoms with van der Waals surface area (Å²) in [6.45, 7) is 4.93. The predicted molar refractivity (Wildman–Crippen MR) is 53.7 cm³/mol. The summed E-state index contributed by atoms with van der Waals surface area (Å²) < 4.78 is 5.17. The van der Waals surface area contributed by atoms with Crippen molar-refractivity contribution in [1.82, 2.24) is 5.32 Å². The molecule has 1 N–H and O–H groups in total. The zero-order valence-electron chi connectivity index (χ0n) is 7.76. The lowest BCUT2D eigenvalue weighted by atomic mass is 9.98. The first-order valence-corrected chi connectivity index (χ1v) is 4.41. The van der Waals surface area contributed by atoms with Gasteiger partial charge in [0.25, 0.3) is 0 Å². The third kappa shape index (κ3) is 1.39. The maximum Gasteiger partial charge on any atom is 0.119 e. The molecule has 1 heterocycles. The summed E-state index contributed by atoms with van der Waals surface area (Å²) in [5.74, 6) is 0.924. The standard InChI is InChI=1S/C11H13NO/c1-8-11-4-3-10(13-2)7-9(11)5-6-12-8/h3-4,7,12H,1,5-6H2,2H3.